The van der Waals surface area contributed by atoms with Gasteiger partial charge >= 0.3 is 0 Å². The summed E-state index contributed by atoms with van der Waals surface area (Å²) in [5.74, 6) is 1.90. The number of unbranched alkanes of at least 4 members (excludes halogenated alkanes) is 3. The Kier molecular flexibility index (Phi) is 10.2. The molecule has 0 saturated carbocycles. The number of carbonyl (C=O) groups excluding carboxylic acids is 1. The predicted molar refractivity (Wildman–Crippen MR) is 52.9 cm³/mol. The minimum atomic E-state index is 0.932. The summed E-state index contributed by atoms with van der Waals surface area (Å²) in [4.78, 5) is 9.62. The van der Waals surface area contributed by atoms with Crippen LogP contribution < -0.4 is 0 Å². The lowest BCUT2D eigenvalue weighted by Crippen LogP contribution is -1.80. The van der Waals surface area contributed by atoms with Gasteiger partial charge in [0.2, 0.25) is 6.08 Å². The Morgan fingerprint density at radius 2 is 2.00 bits per heavy atom. The number of hydrogen-bond donors (Lipinski definition) is 1. The zero-order valence-electron chi connectivity index (χ0n) is 6.45. The Labute approximate surface area is 77.4 Å². The molecular formula is C7H13NOS2. The van der Waals surface area contributed by atoms with Crippen LogP contribution in [0.2, 0.25) is 0 Å². The molecule has 0 saturated heterocycles. The van der Waals surface area contributed by atoms with Crippen molar-refractivity contribution >= 4 is 30.7 Å². The highest BCUT2D eigenvalue weighted by Gasteiger charge is 1.88. The quantitative estimate of drug-likeness (QED) is 0.220. The largest absolute Gasteiger partial charge is 0.247 e. The Balaban J connectivity index is 2.84. The van der Waals surface area contributed by atoms with Crippen LogP contribution in [-0.4, -0.2) is 17.6 Å². The summed E-state index contributed by atoms with van der Waals surface area (Å²) in [6.45, 7) is 0. The monoisotopic (exact) mass is 191 g/mol. The van der Waals surface area contributed by atoms with E-state index in [0.717, 1.165) is 17.9 Å². The summed E-state index contributed by atoms with van der Waals surface area (Å²) in [6, 6.07) is 0. The lowest BCUT2D eigenvalue weighted by Gasteiger charge is -1.95. The normalized spacial score (nSPS) is 9.18. The standard InChI is InChI=1S/C7H13NOS2/c9-7-8-11-6-4-2-1-3-5-10/h10H,1-6H2. The number of isocyanates is 1. The van der Waals surface area contributed by atoms with Gasteiger partial charge in [-0.1, -0.05) is 12.8 Å². The predicted octanol–water partition coefficient (Wildman–Crippen LogP) is 2.46. The molecule has 0 aromatic carbocycles. The van der Waals surface area contributed by atoms with Crippen LogP contribution in [0, 0.1) is 0 Å². The van der Waals surface area contributed by atoms with Crippen LogP contribution >= 0.6 is 24.6 Å². The van der Waals surface area contributed by atoms with Crippen molar-refractivity contribution in [2.24, 2.45) is 4.40 Å². The minimum absolute atomic E-state index is 0.932. The van der Waals surface area contributed by atoms with E-state index in [4.69, 9.17) is 0 Å². The highest BCUT2D eigenvalue weighted by Crippen LogP contribution is 2.07. The average Bonchev–Trinajstić information content (AvgIpc) is 2.03. The van der Waals surface area contributed by atoms with Gasteiger partial charge in [0.05, 0.1) is 0 Å². The first-order valence-corrected chi connectivity index (χ1v) is 5.29. The zero-order valence-corrected chi connectivity index (χ0v) is 8.16. The van der Waals surface area contributed by atoms with E-state index in [1.165, 1.54) is 37.3 Å². The van der Waals surface area contributed by atoms with Gasteiger partial charge < -0.3 is 0 Å². The SMILES string of the molecule is O=C=NSCCCCCCS. The molecule has 0 rings (SSSR count). The molecule has 0 atom stereocenters. The maximum Gasteiger partial charge on any atom is 0.247 e. The minimum Gasteiger partial charge on any atom is -0.210 e. The van der Waals surface area contributed by atoms with Gasteiger partial charge in [0.25, 0.3) is 0 Å². The van der Waals surface area contributed by atoms with E-state index in [9.17, 15) is 4.79 Å². The molecule has 11 heavy (non-hydrogen) atoms. The molecule has 0 radical (unpaired) electrons. The third-order valence-electron chi connectivity index (χ3n) is 1.25. The summed E-state index contributed by atoms with van der Waals surface area (Å²) < 4.78 is 3.39. The highest BCUT2D eigenvalue weighted by atomic mass is 32.2. The third-order valence-corrected chi connectivity index (χ3v) is 2.24. The Morgan fingerprint density at radius 1 is 1.27 bits per heavy atom. The summed E-state index contributed by atoms with van der Waals surface area (Å²) in [7, 11) is 0. The van der Waals surface area contributed by atoms with Gasteiger partial charge in [0, 0.05) is 5.75 Å². The lowest BCUT2D eigenvalue weighted by molar-refractivity contribution is 0.566. The van der Waals surface area contributed by atoms with Crippen LogP contribution in [0.15, 0.2) is 4.40 Å². The Hall–Kier alpha value is 0.0800. The van der Waals surface area contributed by atoms with Gasteiger partial charge in [-0.2, -0.15) is 12.6 Å². The molecule has 64 valence electrons. The first-order chi connectivity index (χ1) is 5.41. The second-order valence-electron chi connectivity index (χ2n) is 2.15. The second kappa shape index (κ2) is 10.1. The van der Waals surface area contributed by atoms with E-state index in [2.05, 4.69) is 17.0 Å². The van der Waals surface area contributed by atoms with E-state index >= 15 is 0 Å². The molecule has 0 aromatic heterocycles. The van der Waals surface area contributed by atoms with Gasteiger partial charge in [0.15, 0.2) is 0 Å². The van der Waals surface area contributed by atoms with E-state index in [1.807, 2.05) is 0 Å². The summed E-state index contributed by atoms with van der Waals surface area (Å²) in [5.41, 5.74) is 0. The van der Waals surface area contributed by atoms with E-state index < -0.39 is 0 Å². The first-order valence-electron chi connectivity index (χ1n) is 3.72. The molecule has 0 N–H and O–H groups in total. The van der Waals surface area contributed by atoms with Crippen molar-refractivity contribution in [1.82, 2.24) is 0 Å². The van der Waals surface area contributed by atoms with E-state index in [1.54, 1.807) is 0 Å². The first kappa shape index (κ1) is 11.1. The molecule has 4 heteroatoms. The average molecular weight is 191 g/mol. The molecule has 0 aliphatic heterocycles. The number of hydrogen-bond acceptors (Lipinski definition) is 4. The molecule has 0 fully saturated rings. The molecule has 0 unspecified atom stereocenters. The zero-order chi connectivity index (χ0) is 8.36. The van der Waals surface area contributed by atoms with Crippen molar-refractivity contribution < 1.29 is 4.79 Å². The van der Waals surface area contributed by atoms with Crippen LogP contribution in [0.25, 0.3) is 0 Å². The number of rotatable bonds is 7. The van der Waals surface area contributed by atoms with Crippen LogP contribution in [0.1, 0.15) is 25.7 Å². The molecule has 0 amide bonds. The highest BCUT2D eigenvalue weighted by molar-refractivity contribution is 7.98. The molecule has 0 heterocycles. The molecule has 2 nitrogen and oxygen atoms in total. The van der Waals surface area contributed by atoms with Gasteiger partial charge in [-0.3, -0.25) is 0 Å². The summed E-state index contributed by atoms with van der Waals surface area (Å²) in [5, 5.41) is 0. The molecule has 0 aromatic rings. The fourth-order valence-corrected chi connectivity index (χ4v) is 1.40. The van der Waals surface area contributed by atoms with Crippen molar-refractivity contribution in [3.63, 3.8) is 0 Å². The molecule has 0 aliphatic rings. The van der Waals surface area contributed by atoms with Crippen LogP contribution in [0.4, 0.5) is 0 Å². The molecular weight excluding hydrogens is 178 g/mol. The molecule has 0 aliphatic carbocycles. The van der Waals surface area contributed by atoms with E-state index in [-0.39, 0.29) is 0 Å². The third kappa shape index (κ3) is 10.1. The fourth-order valence-electron chi connectivity index (χ4n) is 0.704. The maximum absolute atomic E-state index is 9.62. The topological polar surface area (TPSA) is 29.4 Å². The van der Waals surface area contributed by atoms with Crippen molar-refractivity contribution in [3.8, 4) is 0 Å². The summed E-state index contributed by atoms with van der Waals surface area (Å²) in [6.07, 6.45) is 6.25. The lowest BCUT2D eigenvalue weighted by atomic mass is 10.2. The van der Waals surface area contributed by atoms with Crippen LogP contribution in [0.3, 0.4) is 0 Å². The van der Waals surface area contributed by atoms with Crippen LogP contribution in [-0.2, 0) is 4.79 Å². The maximum atomic E-state index is 9.62. The van der Waals surface area contributed by atoms with E-state index in [0.29, 0.717) is 0 Å². The van der Waals surface area contributed by atoms with Gasteiger partial charge in [-0.05, 0) is 30.5 Å². The smallest absolute Gasteiger partial charge is 0.210 e. The molecule has 0 bridgehead atoms. The van der Waals surface area contributed by atoms with Crippen molar-refractivity contribution in [1.29, 1.82) is 0 Å². The number of thiol groups is 1. The second-order valence-corrected chi connectivity index (χ2v) is 3.45. The fraction of sp³-hybridized carbons (Fsp3) is 0.857. The van der Waals surface area contributed by atoms with Gasteiger partial charge in [0.1, 0.15) is 0 Å². The Bertz CT molecular complexity index is 124. The van der Waals surface area contributed by atoms with Crippen molar-refractivity contribution in [3.05, 3.63) is 0 Å². The number of nitrogens with zero attached hydrogens (tertiary/aromatic N) is 1. The van der Waals surface area contributed by atoms with Crippen molar-refractivity contribution in [2.75, 3.05) is 11.5 Å². The summed E-state index contributed by atoms with van der Waals surface area (Å²) >= 11 is 5.40. The molecule has 0 spiro atoms. The van der Waals surface area contributed by atoms with Gasteiger partial charge in [-0.15, -0.1) is 4.40 Å². The Morgan fingerprint density at radius 3 is 2.64 bits per heavy atom. The van der Waals surface area contributed by atoms with Crippen LogP contribution in [0.5, 0.6) is 0 Å². The van der Waals surface area contributed by atoms with Gasteiger partial charge in [-0.25, -0.2) is 4.79 Å². The van der Waals surface area contributed by atoms with Crippen molar-refractivity contribution in [2.45, 2.75) is 25.7 Å².